The van der Waals surface area contributed by atoms with Gasteiger partial charge in [-0.15, -0.1) is 34.2 Å². The van der Waals surface area contributed by atoms with Crippen molar-refractivity contribution in [1.29, 1.82) is 0 Å². The third kappa shape index (κ3) is 6.34. The van der Waals surface area contributed by atoms with E-state index < -0.39 is 0 Å². The van der Waals surface area contributed by atoms with Gasteiger partial charge < -0.3 is 24.4 Å². The van der Waals surface area contributed by atoms with Gasteiger partial charge in [-0.3, -0.25) is 0 Å². The zero-order chi connectivity index (χ0) is 22.3. The van der Waals surface area contributed by atoms with Gasteiger partial charge in [0.15, 0.2) is 11.8 Å². The van der Waals surface area contributed by atoms with Crippen LogP contribution in [0.5, 0.6) is 5.75 Å². The van der Waals surface area contributed by atoms with Crippen LogP contribution in [0.3, 0.4) is 0 Å². The standard InChI is InChI=1S/C23H30N8O.HI/c1-18-27-28-22(29(18)2)17-26-23(25-16-19-7-9-20(32-3)10-8-19)31-14-12-30(13-15-31)21-6-4-5-11-24-21;/h4-11H,12-17H2,1-3H3,(H,25,26);1H. The predicted molar refractivity (Wildman–Crippen MR) is 140 cm³/mol. The molecule has 1 saturated heterocycles. The second-order valence-electron chi connectivity index (χ2n) is 7.73. The molecule has 1 N–H and O–H groups in total. The van der Waals surface area contributed by atoms with Crippen LogP contribution in [0, 0.1) is 6.92 Å². The first-order chi connectivity index (χ1) is 15.6. The average Bonchev–Trinajstić information content (AvgIpc) is 3.17. The van der Waals surface area contributed by atoms with Crippen molar-refractivity contribution in [2.24, 2.45) is 12.0 Å². The largest absolute Gasteiger partial charge is 0.497 e. The van der Waals surface area contributed by atoms with Gasteiger partial charge in [0.05, 0.1) is 20.2 Å². The summed E-state index contributed by atoms with van der Waals surface area (Å²) >= 11 is 0. The summed E-state index contributed by atoms with van der Waals surface area (Å²) in [6.07, 6.45) is 1.84. The lowest BCUT2D eigenvalue weighted by Crippen LogP contribution is -2.52. The Kier molecular flexibility index (Phi) is 8.87. The van der Waals surface area contributed by atoms with Gasteiger partial charge in [0.1, 0.15) is 17.4 Å². The van der Waals surface area contributed by atoms with E-state index in [0.29, 0.717) is 13.1 Å². The fraction of sp³-hybridized carbons (Fsp3) is 0.391. The highest BCUT2D eigenvalue weighted by Gasteiger charge is 2.21. The smallest absolute Gasteiger partial charge is 0.194 e. The van der Waals surface area contributed by atoms with Crippen molar-refractivity contribution in [1.82, 2.24) is 30.0 Å². The average molecular weight is 562 g/mol. The molecule has 3 aromatic rings. The number of anilines is 1. The number of aliphatic imine (C=N–C) groups is 1. The Morgan fingerprint density at radius 1 is 1.06 bits per heavy atom. The molecule has 0 spiro atoms. The molecule has 0 saturated carbocycles. The molecular weight excluding hydrogens is 531 g/mol. The zero-order valence-electron chi connectivity index (χ0n) is 19.3. The normalized spacial score (nSPS) is 14.1. The number of nitrogens with zero attached hydrogens (tertiary/aromatic N) is 7. The van der Waals surface area contributed by atoms with E-state index in [1.165, 1.54) is 0 Å². The molecular formula is C23H31IN8O. The lowest BCUT2D eigenvalue weighted by molar-refractivity contribution is 0.369. The van der Waals surface area contributed by atoms with Gasteiger partial charge in [-0.2, -0.15) is 0 Å². The molecule has 2 aromatic heterocycles. The molecule has 0 radical (unpaired) electrons. The molecule has 0 unspecified atom stereocenters. The Morgan fingerprint density at radius 2 is 1.82 bits per heavy atom. The van der Waals surface area contributed by atoms with Crippen LogP contribution in [0.2, 0.25) is 0 Å². The molecule has 176 valence electrons. The summed E-state index contributed by atoms with van der Waals surface area (Å²) < 4.78 is 7.25. The number of hydrogen-bond acceptors (Lipinski definition) is 6. The molecule has 1 aliphatic heterocycles. The second kappa shape index (κ2) is 11.8. The van der Waals surface area contributed by atoms with Gasteiger partial charge in [0.25, 0.3) is 0 Å². The Labute approximate surface area is 211 Å². The van der Waals surface area contributed by atoms with Crippen LogP contribution >= 0.6 is 24.0 Å². The summed E-state index contributed by atoms with van der Waals surface area (Å²) in [5.41, 5.74) is 1.13. The third-order valence-corrected chi connectivity index (χ3v) is 5.71. The van der Waals surface area contributed by atoms with Gasteiger partial charge in [0.2, 0.25) is 0 Å². The van der Waals surface area contributed by atoms with Crippen molar-refractivity contribution in [3.05, 3.63) is 65.9 Å². The molecule has 1 aromatic carbocycles. The maximum atomic E-state index is 5.26. The van der Waals surface area contributed by atoms with Crippen molar-refractivity contribution < 1.29 is 4.74 Å². The summed E-state index contributed by atoms with van der Waals surface area (Å²) in [5.74, 6) is 4.52. The summed E-state index contributed by atoms with van der Waals surface area (Å²) in [6, 6.07) is 14.1. The minimum absolute atomic E-state index is 0. The molecule has 3 heterocycles. The Bertz CT molecular complexity index is 1030. The number of nitrogens with one attached hydrogen (secondary N) is 1. The molecule has 0 atom stereocenters. The lowest BCUT2D eigenvalue weighted by atomic mass is 10.2. The number of halogens is 1. The van der Waals surface area contributed by atoms with Crippen LogP contribution in [0.25, 0.3) is 0 Å². The minimum Gasteiger partial charge on any atom is -0.497 e. The molecule has 1 aliphatic rings. The summed E-state index contributed by atoms with van der Waals surface area (Å²) in [5, 5.41) is 11.9. The van der Waals surface area contributed by atoms with Crippen LogP contribution in [0.4, 0.5) is 5.82 Å². The number of piperazine rings is 1. The highest BCUT2D eigenvalue weighted by atomic mass is 127. The van der Waals surface area contributed by atoms with Crippen molar-refractivity contribution >= 4 is 35.8 Å². The highest BCUT2D eigenvalue weighted by molar-refractivity contribution is 14.0. The van der Waals surface area contributed by atoms with Gasteiger partial charge >= 0.3 is 0 Å². The van der Waals surface area contributed by atoms with Gasteiger partial charge in [-0.25, -0.2) is 9.98 Å². The molecule has 0 bridgehead atoms. The monoisotopic (exact) mass is 562 g/mol. The Morgan fingerprint density at radius 3 is 2.42 bits per heavy atom. The molecule has 0 aliphatic carbocycles. The van der Waals surface area contributed by atoms with E-state index in [0.717, 1.165) is 60.9 Å². The van der Waals surface area contributed by atoms with Gasteiger partial charge in [0, 0.05) is 39.4 Å². The quantitative estimate of drug-likeness (QED) is 0.281. The maximum absolute atomic E-state index is 5.26. The molecule has 33 heavy (non-hydrogen) atoms. The maximum Gasteiger partial charge on any atom is 0.194 e. The SMILES string of the molecule is COc1ccc(CN=C(NCc2nnc(C)n2C)N2CCN(c3ccccn3)CC2)cc1.I. The van der Waals surface area contributed by atoms with Gasteiger partial charge in [-0.1, -0.05) is 18.2 Å². The first kappa shape index (κ1) is 24.7. The molecule has 9 nitrogen and oxygen atoms in total. The molecule has 4 rings (SSSR count). The van der Waals surface area contributed by atoms with E-state index >= 15 is 0 Å². The molecule has 10 heteroatoms. The van der Waals surface area contributed by atoms with Crippen molar-refractivity contribution in [2.75, 3.05) is 38.2 Å². The number of hydrogen-bond donors (Lipinski definition) is 1. The number of pyridine rings is 1. The predicted octanol–water partition coefficient (Wildman–Crippen LogP) is 2.61. The number of rotatable bonds is 6. The summed E-state index contributed by atoms with van der Waals surface area (Å²) in [6.45, 7) is 6.62. The number of aromatic nitrogens is 4. The molecule has 0 amide bonds. The topological polar surface area (TPSA) is 83.7 Å². The van der Waals surface area contributed by atoms with Crippen LogP contribution in [0.15, 0.2) is 53.7 Å². The van der Waals surface area contributed by atoms with E-state index in [4.69, 9.17) is 9.73 Å². The van der Waals surface area contributed by atoms with Crippen molar-refractivity contribution in [3.8, 4) is 5.75 Å². The Balaban J connectivity index is 0.00000306. The van der Waals surface area contributed by atoms with Crippen LogP contribution in [0.1, 0.15) is 17.2 Å². The van der Waals surface area contributed by atoms with E-state index in [-0.39, 0.29) is 24.0 Å². The van der Waals surface area contributed by atoms with E-state index in [1.54, 1.807) is 7.11 Å². The van der Waals surface area contributed by atoms with Crippen molar-refractivity contribution in [2.45, 2.75) is 20.0 Å². The summed E-state index contributed by atoms with van der Waals surface area (Å²) in [4.78, 5) is 14.0. The first-order valence-corrected chi connectivity index (χ1v) is 10.8. The highest BCUT2D eigenvalue weighted by Crippen LogP contribution is 2.14. The number of methoxy groups -OCH3 is 1. The molecule has 1 fully saturated rings. The minimum atomic E-state index is 0. The number of benzene rings is 1. The van der Waals surface area contributed by atoms with Crippen LogP contribution < -0.4 is 15.0 Å². The number of aryl methyl sites for hydroxylation is 1. The van der Waals surface area contributed by atoms with Crippen LogP contribution in [-0.2, 0) is 20.1 Å². The Hall–Kier alpha value is -2.89. The third-order valence-electron chi connectivity index (χ3n) is 5.71. The zero-order valence-corrected chi connectivity index (χ0v) is 21.6. The van der Waals surface area contributed by atoms with E-state index in [1.807, 2.05) is 61.1 Å². The first-order valence-electron chi connectivity index (χ1n) is 10.8. The fourth-order valence-electron chi connectivity index (χ4n) is 3.62. The number of guanidine groups is 1. The van der Waals surface area contributed by atoms with Crippen molar-refractivity contribution in [3.63, 3.8) is 0 Å². The van der Waals surface area contributed by atoms with Gasteiger partial charge in [-0.05, 0) is 36.8 Å². The lowest BCUT2D eigenvalue weighted by Gasteiger charge is -2.37. The summed E-state index contributed by atoms with van der Waals surface area (Å²) in [7, 11) is 3.65. The fourth-order valence-corrected chi connectivity index (χ4v) is 3.62. The van der Waals surface area contributed by atoms with E-state index in [2.05, 4.69) is 36.4 Å². The second-order valence-corrected chi connectivity index (χ2v) is 7.73. The van der Waals surface area contributed by atoms with E-state index in [9.17, 15) is 0 Å². The van der Waals surface area contributed by atoms with Crippen LogP contribution in [-0.4, -0.2) is 63.9 Å². The number of ether oxygens (including phenoxy) is 1.